The molecule has 9 heteroatoms. The van der Waals surface area contributed by atoms with Gasteiger partial charge >= 0.3 is 56.9 Å². The Morgan fingerprint density at radius 2 is 1.15 bits per heavy atom. The van der Waals surface area contributed by atoms with Crippen molar-refractivity contribution in [3.8, 4) is 0 Å². The Bertz CT molecular complexity index is 246. The Hall–Kier alpha value is 1.66. The summed E-state index contributed by atoms with van der Waals surface area (Å²) < 4.78 is 0. The van der Waals surface area contributed by atoms with Crippen LogP contribution in [0.25, 0.3) is 0 Å². The predicted molar refractivity (Wildman–Crippen MR) is 58.6 cm³/mol. The van der Waals surface area contributed by atoms with E-state index in [0.29, 0.717) is 0 Å². The second-order valence-corrected chi connectivity index (χ2v) is 37.8. The summed E-state index contributed by atoms with van der Waals surface area (Å²) in [4.78, 5) is 0. The summed E-state index contributed by atoms with van der Waals surface area (Å²) in [6.07, 6.45) is 0. The van der Waals surface area contributed by atoms with Gasteiger partial charge in [-0.2, -0.15) is 0 Å². The van der Waals surface area contributed by atoms with E-state index in [4.69, 9.17) is 47.9 Å². The quantitative estimate of drug-likeness (QED) is 0.539. The number of aryl methyl sites for hydroxylation is 2. The first kappa shape index (κ1) is 14.7. The molecule has 0 aliphatic rings. The predicted octanol–water partition coefficient (Wildman–Crippen LogP) is 4.60. The third-order valence-electron chi connectivity index (χ3n) is 0.627. The minimum absolute atomic E-state index is 1.04. The van der Waals surface area contributed by atoms with Gasteiger partial charge in [0.15, 0.2) is 0 Å². The molecular formula is C4H6Cl5IrN2S. The zero-order chi connectivity index (χ0) is 10.7. The van der Waals surface area contributed by atoms with Crippen LogP contribution in [0.1, 0.15) is 10.0 Å². The van der Waals surface area contributed by atoms with Crippen molar-refractivity contribution in [1.29, 1.82) is 0 Å². The van der Waals surface area contributed by atoms with Gasteiger partial charge in [0.25, 0.3) is 0 Å². The molecule has 1 heterocycles. The number of rotatable bonds is 0. The van der Waals surface area contributed by atoms with Crippen LogP contribution < -0.4 is 0 Å². The van der Waals surface area contributed by atoms with E-state index in [1.165, 1.54) is 0 Å². The molecule has 0 fully saturated rings. The summed E-state index contributed by atoms with van der Waals surface area (Å²) >= 11 is 1.62. The maximum absolute atomic E-state index is 5.04. The Labute approximate surface area is 101 Å². The van der Waals surface area contributed by atoms with Crippen LogP contribution >= 0.6 is 59.3 Å². The maximum atomic E-state index is 5.04. The van der Waals surface area contributed by atoms with Crippen LogP contribution in [-0.4, -0.2) is 10.2 Å². The van der Waals surface area contributed by atoms with Crippen LogP contribution in [0.4, 0.5) is 0 Å². The molecule has 0 spiro atoms. The van der Waals surface area contributed by atoms with Crippen LogP contribution in [-0.2, 0) is 9.02 Å². The topological polar surface area (TPSA) is 25.8 Å². The molecule has 0 atom stereocenters. The number of aromatic nitrogens is 2. The van der Waals surface area contributed by atoms with Gasteiger partial charge in [-0.1, -0.05) is 0 Å². The van der Waals surface area contributed by atoms with Gasteiger partial charge in [0.2, 0.25) is 0 Å². The van der Waals surface area contributed by atoms with E-state index in [1.54, 1.807) is 11.3 Å². The van der Waals surface area contributed by atoms with E-state index in [9.17, 15) is 0 Å². The van der Waals surface area contributed by atoms with E-state index in [0.717, 1.165) is 10.0 Å². The van der Waals surface area contributed by atoms with Crippen LogP contribution in [0, 0.1) is 13.8 Å². The second kappa shape index (κ2) is 5.13. The van der Waals surface area contributed by atoms with Crippen molar-refractivity contribution in [2.24, 2.45) is 0 Å². The van der Waals surface area contributed by atoms with Crippen LogP contribution in [0.5, 0.6) is 0 Å². The van der Waals surface area contributed by atoms with E-state index < -0.39 is 9.02 Å². The summed E-state index contributed by atoms with van der Waals surface area (Å²) in [5.41, 5.74) is 0. The number of nitrogens with zero attached hydrogens (tertiary/aromatic N) is 2. The fourth-order valence-corrected chi connectivity index (χ4v) is 0.986. The van der Waals surface area contributed by atoms with Gasteiger partial charge in [0.1, 0.15) is 10.0 Å². The Morgan fingerprint density at radius 3 is 1.23 bits per heavy atom. The summed E-state index contributed by atoms with van der Waals surface area (Å²) in [5.74, 6) is 0. The van der Waals surface area contributed by atoms with Crippen LogP contribution in [0.15, 0.2) is 0 Å². The van der Waals surface area contributed by atoms with Crippen molar-refractivity contribution < 1.29 is 9.02 Å². The first-order valence-electron chi connectivity index (χ1n) is 2.69. The van der Waals surface area contributed by atoms with Crippen molar-refractivity contribution in [2.45, 2.75) is 13.8 Å². The molecule has 0 bridgehead atoms. The van der Waals surface area contributed by atoms with E-state index in [-0.39, 0.29) is 0 Å². The standard InChI is InChI=1S/C4H6N2S.5ClH.Ir/c1-3-5-6-4(2)7-3;;;;;;/h1-2H3;5*1H;/q;;;;;;+5/p-5. The zero-order valence-electron chi connectivity index (χ0n) is 6.53. The zero-order valence-corrected chi connectivity index (χ0v) is 13.5. The van der Waals surface area contributed by atoms with Crippen molar-refractivity contribution >= 4 is 59.3 Å². The Morgan fingerprint density at radius 1 is 0.923 bits per heavy atom. The summed E-state index contributed by atoms with van der Waals surface area (Å²) in [7, 11) is 21.0. The van der Waals surface area contributed by atoms with Crippen molar-refractivity contribution in [1.82, 2.24) is 10.2 Å². The fourth-order valence-electron chi connectivity index (χ4n) is 0.395. The Kier molecular flexibility index (Phi) is 5.78. The molecule has 1 rings (SSSR count). The molecule has 0 aromatic carbocycles. The number of hydrogen-bond donors (Lipinski definition) is 0. The molecule has 2 nitrogen and oxygen atoms in total. The number of halogens is 5. The third-order valence-corrected chi connectivity index (χ3v) is 1.38. The SMILES string of the molecule is Cc1nnc(C)s1.[Cl][Ir]([Cl])([Cl])([Cl])[Cl]. The van der Waals surface area contributed by atoms with E-state index in [1.807, 2.05) is 13.8 Å². The molecule has 0 aliphatic heterocycles. The van der Waals surface area contributed by atoms with Crippen LogP contribution in [0.3, 0.4) is 0 Å². The van der Waals surface area contributed by atoms with Gasteiger partial charge in [-0.3, -0.25) is 0 Å². The second-order valence-electron chi connectivity index (χ2n) is 1.82. The van der Waals surface area contributed by atoms with Gasteiger partial charge in [0.05, 0.1) is 0 Å². The van der Waals surface area contributed by atoms with Gasteiger partial charge < -0.3 is 0 Å². The summed E-state index contributed by atoms with van der Waals surface area (Å²) in [5, 5.41) is 9.65. The first-order chi connectivity index (χ1) is 5.52. The van der Waals surface area contributed by atoms with Crippen LogP contribution in [0.2, 0.25) is 0 Å². The Balaban J connectivity index is 0.000000226. The van der Waals surface area contributed by atoms with Gasteiger partial charge in [-0.05, 0) is 13.8 Å². The molecule has 82 valence electrons. The molecule has 0 aliphatic carbocycles. The van der Waals surface area contributed by atoms with Gasteiger partial charge in [-0.15, -0.1) is 21.5 Å². The van der Waals surface area contributed by atoms with Crippen molar-refractivity contribution in [2.75, 3.05) is 0 Å². The molecule has 0 unspecified atom stereocenters. The summed E-state index contributed by atoms with van der Waals surface area (Å²) in [6.45, 7) is 3.90. The molecule has 0 radical (unpaired) electrons. The fraction of sp³-hybridized carbons (Fsp3) is 0.500. The third kappa shape index (κ3) is 16.3. The van der Waals surface area contributed by atoms with Crippen molar-refractivity contribution in [3.63, 3.8) is 0 Å². The molecule has 1 aromatic rings. The molecule has 0 N–H and O–H groups in total. The number of hydrogen-bond acceptors (Lipinski definition) is 3. The monoisotopic (exact) mass is 482 g/mol. The molecular weight excluding hydrogens is 478 g/mol. The van der Waals surface area contributed by atoms with Crippen molar-refractivity contribution in [3.05, 3.63) is 10.0 Å². The average Bonchev–Trinajstić information content (AvgIpc) is 2.07. The molecule has 0 amide bonds. The normalized spacial score (nSPS) is 13.9. The molecule has 0 saturated carbocycles. The van der Waals surface area contributed by atoms with E-state index >= 15 is 0 Å². The first-order valence-corrected chi connectivity index (χ1v) is 18.3. The molecule has 13 heavy (non-hydrogen) atoms. The van der Waals surface area contributed by atoms with Gasteiger partial charge in [-0.25, -0.2) is 0 Å². The molecule has 0 saturated heterocycles. The molecule has 1 aromatic heterocycles. The van der Waals surface area contributed by atoms with E-state index in [2.05, 4.69) is 10.2 Å². The summed E-state index contributed by atoms with van der Waals surface area (Å²) in [6, 6.07) is 0. The average molecular weight is 484 g/mol. The minimum atomic E-state index is -4.24. The van der Waals surface area contributed by atoms with Gasteiger partial charge in [0, 0.05) is 0 Å².